The zero-order valence-electron chi connectivity index (χ0n) is 11.5. The van der Waals surface area contributed by atoms with E-state index in [9.17, 15) is 8.42 Å². The summed E-state index contributed by atoms with van der Waals surface area (Å²) in [5.74, 6) is 0.953. The lowest BCUT2D eigenvalue weighted by Crippen LogP contribution is -2.28. The molecule has 0 aliphatic carbocycles. The van der Waals surface area contributed by atoms with E-state index in [4.69, 9.17) is 4.74 Å². The second kappa shape index (κ2) is 7.42. The third-order valence-electron chi connectivity index (χ3n) is 2.29. The Morgan fingerprint density at radius 1 is 1.42 bits per heavy atom. The van der Waals surface area contributed by atoms with Gasteiger partial charge in [-0.2, -0.15) is 0 Å². The number of hydrogen-bond acceptors (Lipinski definition) is 5. The van der Waals surface area contributed by atoms with Crippen LogP contribution in [0.5, 0.6) is 0 Å². The molecule has 0 amide bonds. The molecule has 0 saturated heterocycles. The van der Waals surface area contributed by atoms with Crippen LogP contribution in [0.25, 0.3) is 0 Å². The minimum atomic E-state index is -3.50. The van der Waals surface area contributed by atoms with Crippen LogP contribution in [0.1, 0.15) is 13.8 Å². The molecule has 0 radical (unpaired) electrons. The smallest absolute Gasteiger partial charge is 0.240 e. The van der Waals surface area contributed by atoms with E-state index in [1.54, 1.807) is 7.05 Å². The van der Waals surface area contributed by atoms with E-state index in [1.165, 1.54) is 18.3 Å². The largest absolute Gasteiger partial charge is 0.380 e. The van der Waals surface area contributed by atoms with Gasteiger partial charge in [-0.1, -0.05) is 13.8 Å². The fraction of sp³-hybridized carbons (Fsp3) is 0.583. The maximum atomic E-state index is 12.0. The summed E-state index contributed by atoms with van der Waals surface area (Å²) >= 11 is 0. The number of pyridine rings is 1. The van der Waals surface area contributed by atoms with E-state index >= 15 is 0 Å². The van der Waals surface area contributed by atoms with Gasteiger partial charge in [-0.25, -0.2) is 18.1 Å². The van der Waals surface area contributed by atoms with Crippen molar-refractivity contribution in [3.8, 4) is 0 Å². The van der Waals surface area contributed by atoms with Crippen LogP contribution < -0.4 is 10.0 Å². The lowest BCUT2D eigenvalue weighted by molar-refractivity contribution is 0.114. The predicted octanol–water partition coefficient (Wildman–Crippen LogP) is 1.07. The monoisotopic (exact) mass is 287 g/mol. The maximum Gasteiger partial charge on any atom is 0.240 e. The van der Waals surface area contributed by atoms with Crippen molar-refractivity contribution >= 4 is 15.8 Å². The molecule has 0 aliphatic heterocycles. The molecule has 7 heteroatoms. The summed E-state index contributed by atoms with van der Waals surface area (Å²) in [7, 11) is -1.82. The Morgan fingerprint density at radius 3 is 2.79 bits per heavy atom. The van der Waals surface area contributed by atoms with Crippen molar-refractivity contribution in [1.29, 1.82) is 0 Å². The molecule has 0 unspecified atom stereocenters. The van der Waals surface area contributed by atoms with Gasteiger partial charge in [-0.05, 0) is 12.0 Å². The summed E-state index contributed by atoms with van der Waals surface area (Å²) in [5, 5.41) is 2.80. The first-order valence-corrected chi connectivity index (χ1v) is 7.65. The zero-order valence-corrected chi connectivity index (χ0v) is 12.3. The lowest BCUT2D eigenvalue weighted by atomic mass is 10.2. The van der Waals surface area contributed by atoms with E-state index in [1.807, 2.05) is 13.8 Å². The SMILES string of the molecule is CNc1cc(S(=O)(=O)NCCOCC(C)C)ccn1. The van der Waals surface area contributed by atoms with Gasteiger partial charge in [0.2, 0.25) is 10.0 Å². The molecule has 2 N–H and O–H groups in total. The van der Waals surface area contributed by atoms with Crippen LogP contribution in [-0.4, -0.2) is 40.2 Å². The molecule has 1 rings (SSSR count). The van der Waals surface area contributed by atoms with Crippen molar-refractivity contribution in [3.63, 3.8) is 0 Å². The first-order valence-electron chi connectivity index (χ1n) is 6.17. The molecule has 108 valence electrons. The molecule has 0 saturated carbocycles. The summed E-state index contributed by atoms with van der Waals surface area (Å²) in [4.78, 5) is 4.16. The fourth-order valence-corrected chi connectivity index (χ4v) is 2.39. The first kappa shape index (κ1) is 15.9. The second-order valence-corrected chi connectivity index (χ2v) is 6.26. The van der Waals surface area contributed by atoms with Crippen molar-refractivity contribution in [2.75, 3.05) is 32.1 Å². The minimum Gasteiger partial charge on any atom is -0.380 e. The van der Waals surface area contributed by atoms with Crippen LogP contribution in [0.4, 0.5) is 5.82 Å². The van der Waals surface area contributed by atoms with Gasteiger partial charge in [0.1, 0.15) is 5.82 Å². The van der Waals surface area contributed by atoms with E-state index in [2.05, 4.69) is 15.0 Å². The standard InChI is InChI=1S/C12H21N3O3S/c1-10(2)9-18-7-6-15-19(16,17)11-4-5-14-12(8-11)13-3/h4-5,8,10,15H,6-7,9H2,1-3H3,(H,13,14). The highest BCUT2D eigenvalue weighted by molar-refractivity contribution is 7.89. The maximum absolute atomic E-state index is 12.0. The van der Waals surface area contributed by atoms with Gasteiger partial charge in [0.15, 0.2) is 0 Å². The van der Waals surface area contributed by atoms with Crippen molar-refractivity contribution in [2.24, 2.45) is 5.92 Å². The highest BCUT2D eigenvalue weighted by Gasteiger charge is 2.13. The molecule has 1 aromatic rings. The highest BCUT2D eigenvalue weighted by atomic mass is 32.2. The van der Waals surface area contributed by atoms with Crippen LogP contribution >= 0.6 is 0 Å². The molecule has 0 bridgehead atoms. The predicted molar refractivity (Wildman–Crippen MR) is 74.6 cm³/mol. The number of rotatable bonds is 8. The molecule has 0 atom stereocenters. The lowest BCUT2D eigenvalue weighted by Gasteiger charge is -2.09. The first-order chi connectivity index (χ1) is 8.95. The Kier molecular flexibility index (Phi) is 6.20. The van der Waals surface area contributed by atoms with Gasteiger partial charge < -0.3 is 10.1 Å². The van der Waals surface area contributed by atoms with Crippen molar-refractivity contribution in [2.45, 2.75) is 18.7 Å². The highest BCUT2D eigenvalue weighted by Crippen LogP contribution is 2.11. The zero-order chi connectivity index (χ0) is 14.3. The van der Waals surface area contributed by atoms with Gasteiger partial charge in [0, 0.05) is 32.5 Å². The molecule has 0 aliphatic rings. The number of ether oxygens (including phenoxy) is 1. The van der Waals surface area contributed by atoms with Gasteiger partial charge in [0.05, 0.1) is 11.5 Å². The van der Waals surface area contributed by atoms with Gasteiger partial charge >= 0.3 is 0 Å². The van der Waals surface area contributed by atoms with Crippen LogP contribution in [0.2, 0.25) is 0 Å². The van der Waals surface area contributed by atoms with Crippen LogP contribution in [0, 0.1) is 5.92 Å². The molecule has 0 aromatic carbocycles. The average molecular weight is 287 g/mol. The van der Waals surface area contributed by atoms with Gasteiger partial charge in [0.25, 0.3) is 0 Å². The van der Waals surface area contributed by atoms with Gasteiger partial charge in [-0.3, -0.25) is 0 Å². The Bertz CT molecular complexity index is 489. The van der Waals surface area contributed by atoms with Crippen molar-refractivity contribution < 1.29 is 13.2 Å². The number of hydrogen-bond donors (Lipinski definition) is 2. The fourth-order valence-electron chi connectivity index (χ4n) is 1.37. The molecule has 0 fully saturated rings. The molecular formula is C12H21N3O3S. The quantitative estimate of drug-likeness (QED) is 0.699. The van der Waals surface area contributed by atoms with E-state index in [-0.39, 0.29) is 11.4 Å². The Balaban J connectivity index is 2.51. The second-order valence-electron chi connectivity index (χ2n) is 4.49. The third-order valence-corrected chi connectivity index (χ3v) is 3.75. The molecule has 19 heavy (non-hydrogen) atoms. The number of nitrogens with zero attached hydrogens (tertiary/aromatic N) is 1. The number of nitrogens with one attached hydrogen (secondary N) is 2. The van der Waals surface area contributed by atoms with Gasteiger partial charge in [-0.15, -0.1) is 0 Å². The topological polar surface area (TPSA) is 80.3 Å². The molecule has 6 nitrogen and oxygen atoms in total. The molecule has 0 spiro atoms. The van der Waals surface area contributed by atoms with E-state index < -0.39 is 10.0 Å². The number of sulfonamides is 1. The summed E-state index contributed by atoms with van der Waals surface area (Å²) in [6, 6.07) is 2.94. The molecular weight excluding hydrogens is 266 g/mol. The molecule has 1 aromatic heterocycles. The summed E-state index contributed by atoms with van der Waals surface area (Å²) in [6.45, 7) is 5.33. The molecule has 1 heterocycles. The van der Waals surface area contributed by atoms with Crippen LogP contribution in [-0.2, 0) is 14.8 Å². The summed E-state index contributed by atoms with van der Waals surface area (Å²) in [5.41, 5.74) is 0. The Hall–Kier alpha value is -1.18. The number of anilines is 1. The third kappa shape index (κ3) is 5.54. The number of aromatic nitrogens is 1. The average Bonchev–Trinajstić information content (AvgIpc) is 2.38. The van der Waals surface area contributed by atoms with Crippen LogP contribution in [0.15, 0.2) is 23.2 Å². The van der Waals surface area contributed by atoms with Crippen molar-refractivity contribution in [1.82, 2.24) is 9.71 Å². The Morgan fingerprint density at radius 2 is 2.16 bits per heavy atom. The van der Waals surface area contributed by atoms with E-state index in [0.29, 0.717) is 24.9 Å². The van der Waals surface area contributed by atoms with E-state index in [0.717, 1.165) is 0 Å². The minimum absolute atomic E-state index is 0.190. The normalized spacial score (nSPS) is 11.8. The van der Waals surface area contributed by atoms with Crippen LogP contribution in [0.3, 0.4) is 0 Å². The Labute approximate surface area is 114 Å². The summed E-state index contributed by atoms with van der Waals surface area (Å²) in [6.07, 6.45) is 1.45. The summed E-state index contributed by atoms with van der Waals surface area (Å²) < 4.78 is 31.8. The van der Waals surface area contributed by atoms with Crippen molar-refractivity contribution in [3.05, 3.63) is 18.3 Å².